The highest BCUT2D eigenvalue weighted by atomic mass is 79.9. The molecular weight excluding hydrogens is 332 g/mol. The number of rotatable bonds is 4. The minimum absolute atomic E-state index is 0.00554. The summed E-state index contributed by atoms with van der Waals surface area (Å²) in [7, 11) is -3.05. The van der Waals surface area contributed by atoms with Crippen LogP contribution in [-0.2, 0) is 21.1 Å². The highest BCUT2D eigenvalue weighted by molar-refractivity contribution is 9.10. The molecule has 1 heterocycles. The van der Waals surface area contributed by atoms with Crippen molar-refractivity contribution in [1.29, 1.82) is 0 Å². The van der Waals surface area contributed by atoms with Crippen LogP contribution in [0.2, 0.25) is 0 Å². The predicted octanol–water partition coefficient (Wildman–Crippen LogP) is 2.13. The highest BCUT2D eigenvalue weighted by Crippen LogP contribution is 2.30. The van der Waals surface area contributed by atoms with E-state index in [0.29, 0.717) is 12.8 Å². The van der Waals surface area contributed by atoms with Gasteiger partial charge in [-0.1, -0.05) is 34.1 Å². The molecule has 0 aromatic heterocycles. The molecule has 2 rings (SSSR count). The first-order valence-corrected chi connectivity index (χ1v) is 8.67. The minimum Gasteiger partial charge on any atom is -0.481 e. The molecule has 1 N–H and O–H groups in total. The minimum atomic E-state index is -3.05. The van der Waals surface area contributed by atoms with Gasteiger partial charge >= 0.3 is 5.97 Å². The lowest BCUT2D eigenvalue weighted by molar-refractivity contribution is -0.143. The maximum absolute atomic E-state index is 11.5. The molecule has 4 nitrogen and oxygen atoms in total. The van der Waals surface area contributed by atoms with E-state index in [-0.39, 0.29) is 17.4 Å². The van der Waals surface area contributed by atoms with Crippen molar-refractivity contribution in [2.45, 2.75) is 12.8 Å². The van der Waals surface area contributed by atoms with E-state index >= 15 is 0 Å². The van der Waals surface area contributed by atoms with Crippen molar-refractivity contribution >= 4 is 31.7 Å². The lowest BCUT2D eigenvalue weighted by Gasteiger charge is -2.18. The Morgan fingerprint density at radius 3 is 2.63 bits per heavy atom. The fourth-order valence-electron chi connectivity index (χ4n) is 2.50. The van der Waals surface area contributed by atoms with Crippen LogP contribution < -0.4 is 0 Å². The normalized spacial score (nSPS) is 23.1. The average molecular weight is 347 g/mol. The first-order valence-electron chi connectivity index (χ1n) is 6.06. The smallest absolute Gasteiger partial charge is 0.307 e. The third-order valence-corrected chi connectivity index (χ3v) is 6.12. The molecule has 0 saturated carbocycles. The Morgan fingerprint density at radius 2 is 2.11 bits per heavy atom. The van der Waals surface area contributed by atoms with E-state index in [1.54, 1.807) is 0 Å². The van der Waals surface area contributed by atoms with Crippen LogP contribution in [0.1, 0.15) is 12.0 Å². The Bertz CT molecular complexity index is 582. The molecule has 1 aliphatic heterocycles. The Kier molecular flexibility index (Phi) is 4.30. The number of halogens is 1. The summed E-state index contributed by atoms with van der Waals surface area (Å²) in [6, 6.07) is 7.44. The first-order chi connectivity index (χ1) is 8.89. The monoisotopic (exact) mass is 346 g/mol. The summed E-state index contributed by atoms with van der Waals surface area (Å²) in [5.41, 5.74) is 0.902. The quantitative estimate of drug-likeness (QED) is 0.906. The Morgan fingerprint density at radius 1 is 1.42 bits per heavy atom. The summed E-state index contributed by atoms with van der Waals surface area (Å²) in [4.78, 5) is 11.4. The van der Waals surface area contributed by atoms with Crippen LogP contribution in [-0.4, -0.2) is 31.0 Å². The van der Waals surface area contributed by atoms with Crippen molar-refractivity contribution in [3.05, 3.63) is 34.3 Å². The molecule has 1 saturated heterocycles. The van der Waals surface area contributed by atoms with Crippen LogP contribution in [0.15, 0.2) is 28.7 Å². The Hall–Kier alpha value is -0.880. The molecule has 1 aromatic rings. The summed E-state index contributed by atoms with van der Waals surface area (Å²) in [5.74, 6) is -1.74. The van der Waals surface area contributed by atoms with Crippen LogP contribution in [0, 0.1) is 11.8 Å². The summed E-state index contributed by atoms with van der Waals surface area (Å²) in [5, 5.41) is 9.35. The zero-order valence-corrected chi connectivity index (χ0v) is 12.7. The number of benzene rings is 1. The number of sulfone groups is 1. The molecule has 0 aliphatic carbocycles. The fourth-order valence-corrected chi connectivity index (χ4v) is 4.82. The summed E-state index contributed by atoms with van der Waals surface area (Å²) in [6.45, 7) is 0. The van der Waals surface area contributed by atoms with Gasteiger partial charge in [0.15, 0.2) is 9.84 Å². The summed E-state index contributed by atoms with van der Waals surface area (Å²) >= 11 is 3.39. The third kappa shape index (κ3) is 3.57. The van der Waals surface area contributed by atoms with Crippen LogP contribution in [0.25, 0.3) is 0 Å². The van der Waals surface area contributed by atoms with Crippen LogP contribution in [0.5, 0.6) is 0 Å². The van der Waals surface area contributed by atoms with Gasteiger partial charge in [-0.2, -0.15) is 0 Å². The highest BCUT2D eigenvalue weighted by Gasteiger charge is 2.37. The molecule has 0 bridgehead atoms. The number of hydrogen-bond donors (Lipinski definition) is 1. The van der Waals surface area contributed by atoms with Gasteiger partial charge in [0.2, 0.25) is 0 Å². The van der Waals surface area contributed by atoms with E-state index < -0.39 is 21.7 Å². The van der Waals surface area contributed by atoms with Gasteiger partial charge in [0.25, 0.3) is 0 Å². The molecule has 6 heteroatoms. The van der Waals surface area contributed by atoms with Crippen LogP contribution in [0.4, 0.5) is 0 Å². The third-order valence-electron chi connectivity index (χ3n) is 3.55. The van der Waals surface area contributed by atoms with E-state index in [0.717, 1.165) is 10.0 Å². The molecular formula is C13H15BrO4S. The molecule has 1 aliphatic rings. The van der Waals surface area contributed by atoms with Gasteiger partial charge in [-0.25, -0.2) is 8.42 Å². The predicted molar refractivity (Wildman–Crippen MR) is 75.7 cm³/mol. The van der Waals surface area contributed by atoms with E-state index in [9.17, 15) is 18.3 Å². The van der Waals surface area contributed by atoms with E-state index in [1.807, 2.05) is 24.3 Å². The SMILES string of the molecule is O=C(O)C(Cc1ccccc1Br)C1CCS(=O)(=O)C1. The molecule has 2 unspecified atom stereocenters. The molecule has 1 fully saturated rings. The number of carboxylic acids is 1. The van der Waals surface area contributed by atoms with Gasteiger partial charge in [0.1, 0.15) is 0 Å². The van der Waals surface area contributed by atoms with E-state index in [4.69, 9.17) is 0 Å². The second-order valence-electron chi connectivity index (χ2n) is 4.90. The van der Waals surface area contributed by atoms with Crippen molar-refractivity contribution in [2.75, 3.05) is 11.5 Å². The lowest BCUT2D eigenvalue weighted by Crippen LogP contribution is -2.26. The van der Waals surface area contributed by atoms with Gasteiger partial charge in [-0.15, -0.1) is 0 Å². The maximum atomic E-state index is 11.5. The van der Waals surface area contributed by atoms with Gasteiger partial charge in [-0.3, -0.25) is 4.79 Å². The first kappa shape index (κ1) is 14.5. The zero-order chi connectivity index (χ0) is 14.0. The summed E-state index contributed by atoms with van der Waals surface area (Å²) in [6.07, 6.45) is 0.806. The molecule has 0 radical (unpaired) electrons. The second kappa shape index (κ2) is 5.63. The number of carbonyl (C=O) groups is 1. The Labute approximate surface area is 120 Å². The molecule has 0 spiro atoms. The van der Waals surface area contributed by atoms with Crippen LogP contribution in [0.3, 0.4) is 0 Å². The molecule has 1 aromatic carbocycles. The van der Waals surface area contributed by atoms with E-state index in [2.05, 4.69) is 15.9 Å². The van der Waals surface area contributed by atoms with Crippen molar-refractivity contribution in [3.8, 4) is 0 Å². The zero-order valence-electron chi connectivity index (χ0n) is 10.3. The number of carboxylic acid groups (broad SMARTS) is 1. The van der Waals surface area contributed by atoms with Crippen molar-refractivity contribution in [3.63, 3.8) is 0 Å². The van der Waals surface area contributed by atoms with Crippen LogP contribution >= 0.6 is 15.9 Å². The largest absolute Gasteiger partial charge is 0.481 e. The topological polar surface area (TPSA) is 71.4 Å². The molecule has 0 amide bonds. The fraction of sp³-hybridized carbons (Fsp3) is 0.462. The Balaban J connectivity index is 2.18. The number of hydrogen-bond acceptors (Lipinski definition) is 3. The molecule has 2 atom stereocenters. The van der Waals surface area contributed by atoms with Crippen molar-refractivity contribution in [1.82, 2.24) is 0 Å². The molecule has 19 heavy (non-hydrogen) atoms. The standard InChI is InChI=1S/C13H15BrO4S/c14-12-4-2-1-3-9(12)7-11(13(15)16)10-5-6-19(17,18)8-10/h1-4,10-11H,5-8H2,(H,15,16). The van der Waals surface area contributed by atoms with Crippen molar-refractivity contribution in [2.24, 2.45) is 11.8 Å². The maximum Gasteiger partial charge on any atom is 0.307 e. The van der Waals surface area contributed by atoms with E-state index in [1.165, 1.54) is 0 Å². The number of aliphatic carboxylic acids is 1. The van der Waals surface area contributed by atoms with Gasteiger partial charge in [-0.05, 0) is 30.4 Å². The molecule has 104 valence electrons. The van der Waals surface area contributed by atoms with Gasteiger partial charge in [0, 0.05) is 4.47 Å². The van der Waals surface area contributed by atoms with Gasteiger partial charge < -0.3 is 5.11 Å². The van der Waals surface area contributed by atoms with Crippen molar-refractivity contribution < 1.29 is 18.3 Å². The van der Waals surface area contributed by atoms with Gasteiger partial charge in [0.05, 0.1) is 17.4 Å². The average Bonchev–Trinajstić information content (AvgIpc) is 2.68. The summed E-state index contributed by atoms with van der Waals surface area (Å²) < 4.78 is 23.8. The second-order valence-corrected chi connectivity index (χ2v) is 7.99. The lowest BCUT2D eigenvalue weighted by atomic mass is 9.86.